The highest BCUT2D eigenvalue weighted by molar-refractivity contribution is 7.89. The van der Waals surface area contributed by atoms with Crippen LogP contribution in [0.3, 0.4) is 0 Å². The van der Waals surface area contributed by atoms with Gasteiger partial charge in [-0.2, -0.15) is 4.31 Å². The number of aryl methyl sites for hydroxylation is 2. The first-order valence-electron chi connectivity index (χ1n) is 8.49. The molecule has 1 aliphatic heterocycles. The monoisotopic (exact) mass is 339 g/mol. The molecule has 0 spiro atoms. The molecule has 2 rings (SSSR count). The van der Waals surface area contributed by atoms with Crippen LogP contribution in [0.4, 0.5) is 0 Å². The molecule has 0 unspecified atom stereocenters. The first-order valence-corrected chi connectivity index (χ1v) is 9.93. The predicted octanol–water partition coefficient (Wildman–Crippen LogP) is 3.76. The normalized spacial score (nSPS) is 23.0. The van der Waals surface area contributed by atoms with Gasteiger partial charge in [0.25, 0.3) is 0 Å². The Labute approximate surface area is 140 Å². The van der Waals surface area contributed by atoms with Crippen LogP contribution in [0.5, 0.6) is 5.75 Å². The van der Waals surface area contributed by atoms with Crippen LogP contribution >= 0.6 is 0 Å². The highest BCUT2D eigenvalue weighted by atomic mass is 32.2. The molecule has 1 heterocycles. The fourth-order valence-electron chi connectivity index (χ4n) is 3.23. The standard InChI is InChI=1S/C18H29NO3S/c1-6-7-22-17-9-15(4)16(5)10-18(17)23(20,21)19-11-13(2)8-14(3)12-19/h9-10,13-14H,6-8,11-12H2,1-5H3/t13-,14-/m1/s1. The Morgan fingerprint density at radius 2 is 1.70 bits per heavy atom. The van der Waals surface area contributed by atoms with Crippen molar-refractivity contribution in [2.24, 2.45) is 11.8 Å². The quantitative estimate of drug-likeness (QED) is 0.820. The fraction of sp³-hybridized carbons (Fsp3) is 0.667. The summed E-state index contributed by atoms with van der Waals surface area (Å²) in [6, 6.07) is 3.62. The van der Waals surface area contributed by atoms with Crippen LogP contribution in [0.2, 0.25) is 0 Å². The summed E-state index contributed by atoms with van der Waals surface area (Å²) in [6.45, 7) is 11.9. The lowest BCUT2D eigenvalue weighted by Gasteiger charge is -2.34. The van der Waals surface area contributed by atoms with E-state index in [0.29, 0.717) is 42.2 Å². The molecule has 130 valence electrons. The summed E-state index contributed by atoms with van der Waals surface area (Å²) in [5, 5.41) is 0. The zero-order chi connectivity index (χ0) is 17.2. The van der Waals surface area contributed by atoms with Crippen molar-refractivity contribution in [1.29, 1.82) is 0 Å². The van der Waals surface area contributed by atoms with Gasteiger partial charge in [-0.15, -0.1) is 0 Å². The SMILES string of the molecule is CCCOc1cc(C)c(C)cc1S(=O)(=O)N1C[C@H](C)C[C@@H](C)C1. The average molecular weight is 340 g/mol. The molecule has 1 aromatic rings. The third kappa shape index (κ3) is 4.07. The lowest BCUT2D eigenvalue weighted by atomic mass is 9.94. The van der Waals surface area contributed by atoms with Crippen LogP contribution in [0.25, 0.3) is 0 Å². The van der Waals surface area contributed by atoms with E-state index in [0.717, 1.165) is 24.0 Å². The second-order valence-electron chi connectivity index (χ2n) is 7.00. The minimum absolute atomic E-state index is 0.315. The van der Waals surface area contributed by atoms with Crippen molar-refractivity contribution >= 4 is 10.0 Å². The predicted molar refractivity (Wildman–Crippen MR) is 93.4 cm³/mol. The molecule has 0 aromatic heterocycles. The molecule has 0 amide bonds. The van der Waals surface area contributed by atoms with Crippen LogP contribution < -0.4 is 4.74 Å². The second-order valence-corrected chi connectivity index (χ2v) is 8.91. The maximum Gasteiger partial charge on any atom is 0.246 e. The van der Waals surface area contributed by atoms with Gasteiger partial charge in [-0.1, -0.05) is 20.8 Å². The van der Waals surface area contributed by atoms with Crippen LogP contribution in [-0.4, -0.2) is 32.4 Å². The maximum absolute atomic E-state index is 13.2. The Kier molecular flexibility index (Phi) is 5.74. The van der Waals surface area contributed by atoms with Gasteiger partial charge in [0.2, 0.25) is 10.0 Å². The number of ether oxygens (including phenoxy) is 1. The second kappa shape index (κ2) is 7.22. The van der Waals surface area contributed by atoms with E-state index in [1.165, 1.54) is 0 Å². The highest BCUT2D eigenvalue weighted by Gasteiger charge is 2.33. The van der Waals surface area contributed by atoms with Gasteiger partial charge in [-0.05, 0) is 61.8 Å². The number of piperidine rings is 1. The van der Waals surface area contributed by atoms with Crippen LogP contribution in [0, 0.1) is 25.7 Å². The molecule has 1 aliphatic rings. The van der Waals surface area contributed by atoms with E-state index in [1.54, 1.807) is 10.4 Å². The first-order chi connectivity index (χ1) is 10.8. The minimum atomic E-state index is -3.52. The van der Waals surface area contributed by atoms with E-state index in [-0.39, 0.29) is 0 Å². The highest BCUT2D eigenvalue weighted by Crippen LogP contribution is 2.33. The summed E-state index contributed by atoms with van der Waals surface area (Å²) in [5.41, 5.74) is 2.03. The van der Waals surface area contributed by atoms with Gasteiger partial charge < -0.3 is 4.74 Å². The number of hydrogen-bond acceptors (Lipinski definition) is 3. The lowest BCUT2D eigenvalue weighted by molar-refractivity contribution is 0.221. The fourth-order valence-corrected chi connectivity index (χ4v) is 5.11. The van der Waals surface area contributed by atoms with Gasteiger partial charge >= 0.3 is 0 Å². The smallest absolute Gasteiger partial charge is 0.246 e. The Bertz CT molecular complexity index is 644. The van der Waals surface area contributed by atoms with Gasteiger partial charge in [0, 0.05) is 13.1 Å². The summed E-state index contributed by atoms with van der Waals surface area (Å²) >= 11 is 0. The van der Waals surface area contributed by atoms with Crippen molar-refractivity contribution in [1.82, 2.24) is 4.31 Å². The zero-order valence-electron chi connectivity index (χ0n) is 14.9. The molecule has 1 aromatic carbocycles. The Morgan fingerprint density at radius 3 is 2.26 bits per heavy atom. The molecule has 4 nitrogen and oxygen atoms in total. The van der Waals surface area contributed by atoms with Crippen molar-refractivity contribution in [3.05, 3.63) is 23.3 Å². The van der Waals surface area contributed by atoms with Crippen molar-refractivity contribution < 1.29 is 13.2 Å². The maximum atomic E-state index is 13.2. The van der Waals surface area contributed by atoms with E-state index in [1.807, 2.05) is 26.8 Å². The lowest BCUT2D eigenvalue weighted by Crippen LogP contribution is -2.42. The molecular weight excluding hydrogens is 310 g/mol. The van der Waals surface area contributed by atoms with E-state index < -0.39 is 10.0 Å². The third-order valence-corrected chi connectivity index (χ3v) is 6.33. The summed E-state index contributed by atoms with van der Waals surface area (Å²) in [7, 11) is -3.52. The van der Waals surface area contributed by atoms with Crippen LogP contribution in [0.1, 0.15) is 44.7 Å². The number of nitrogens with zero attached hydrogens (tertiary/aromatic N) is 1. The van der Waals surface area contributed by atoms with E-state index in [4.69, 9.17) is 4.74 Å². The van der Waals surface area contributed by atoms with Gasteiger partial charge in [-0.25, -0.2) is 8.42 Å². The molecule has 2 atom stereocenters. The number of sulfonamides is 1. The molecule has 0 bridgehead atoms. The van der Waals surface area contributed by atoms with Crippen molar-refractivity contribution in [3.8, 4) is 5.75 Å². The Balaban J connectivity index is 2.43. The molecule has 5 heteroatoms. The summed E-state index contributed by atoms with van der Waals surface area (Å²) in [5.74, 6) is 1.26. The summed E-state index contributed by atoms with van der Waals surface area (Å²) in [4.78, 5) is 0.315. The van der Waals surface area contributed by atoms with Gasteiger partial charge in [0.15, 0.2) is 0 Å². The summed E-state index contributed by atoms with van der Waals surface area (Å²) < 4.78 is 33.7. The van der Waals surface area contributed by atoms with E-state index in [2.05, 4.69) is 13.8 Å². The largest absolute Gasteiger partial charge is 0.492 e. The van der Waals surface area contributed by atoms with Crippen molar-refractivity contribution in [2.75, 3.05) is 19.7 Å². The van der Waals surface area contributed by atoms with Gasteiger partial charge in [0.05, 0.1) is 6.61 Å². The third-order valence-electron chi connectivity index (χ3n) is 4.47. The number of rotatable bonds is 5. The van der Waals surface area contributed by atoms with Crippen molar-refractivity contribution in [3.63, 3.8) is 0 Å². The molecule has 0 saturated carbocycles. The van der Waals surface area contributed by atoms with Crippen LogP contribution in [-0.2, 0) is 10.0 Å². The molecule has 23 heavy (non-hydrogen) atoms. The minimum Gasteiger partial charge on any atom is -0.492 e. The number of benzene rings is 1. The molecule has 0 aliphatic carbocycles. The summed E-state index contributed by atoms with van der Waals surface area (Å²) in [6.07, 6.45) is 1.93. The molecular formula is C18H29NO3S. The van der Waals surface area contributed by atoms with Gasteiger partial charge in [0.1, 0.15) is 10.6 Å². The zero-order valence-corrected chi connectivity index (χ0v) is 15.7. The first kappa shape index (κ1) is 18.3. The van der Waals surface area contributed by atoms with E-state index in [9.17, 15) is 8.42 Å². The molecule has 1 saturated heterocycles. The Hall–Kier alpha value is -1.07. The average Bonchev–Trinajstić information content (AvgIpc) is 2.47. The number of hydrogen-bond donors (Lipinski definition) is 0. The van der Waals surface area contributed by atoms with E-state index >= 15 is 0 Å². The molecule has 1 fully saturated rings. The van der Waals surface area contributed by atoms with Gasteiger partial charge in [-0.3, -0.25) is 0 Å². The Morgan fingerprint density at radius 1 is 1.13 bits per heavy atom. The van der Waals surface area contributed by atoms with Crippen molar-refractivity contribution in [2.45, 2.75) is 52.4 Å². The molecule has 0 N–H and O–H groups in total. The van der Waals surface area contributed by atoms with Crippen LogP contribution in [0.15, 0.2) is 17.0 Å². The topological polar surface area (TPSA) is 46.6 Å². The molecule has 0 radical (unpaired) electrons.